The van der Waals surface area contributed by atoms with Gasteiger partial charge in [-0.15, -0.1) is 0 Å². The van der Waals surface area contributed by atoms with Gasteiger partial charge in [-0.1, -0.05) is 20.8 Å². The maximum Gasteiger partial charge on any atom is 0.251 e. The van der Waals surface area contributed by atoms with Gasteiger partial charge < -0.3 is 10.4 Å². The van der Waals surface area contributed by atoms with E-state index in [2.05, 4.69) is 26.1 Å². The van der Waals surface area contributed by atoms with Gasteiger partial charge in [0.1, 0.15) is 5.75 Å². The zero-order valence-corrected chi connectivity index (χ0v) is 10.6. The molecule has 1 unspecified atom stereocenters. The Kier molecular flexibility index (Phi) is 2.86. The van der Waals surface area contributed by atoms with Crippen LogP contribution in [0.3, 0.4) is 0 Å². The number of benzene rings is 1. The van der Waals surface area contributed by atoms with Crippen LogP contribution in [0.15, 0.2) is 18.2 Å². The molecule has 0 saturated carbocycles. The van der Waals surface area contributed by atoms with Crippen LogP contribution in [0.2, 0.25) is 0 Å². The predicted molar refractivity (Wildman–Crippen MR) is 67.1 cm³/mol. The quantitative estimate of drug-likeness (QED) is 0.783. The maximum atomic E-state index is 11.9. The molecule has 0 aromatic heterocycles. The number of carbonyl (C=O) groups excluding carboxylic acids is 1. The number of phenols is 1. The summed E-state index contributed by atoms with van der Waals surface area (Å²) in [7, 11) is 0. The molecule has 92 valence electrons. The lowest BCUT2D eigenvalue weighted by molar-refractivity contribution is 0.0913. The van der Waals surface area contributed by atoms with Crippen LogP contribution < -0.4 is 5.32 Å². The Morgan fingerprint density at radius 2 is 2.12 bits per heavy atom. The lowest BCUT2D eigenvalue weighted by Crippen LogP contribution is -2.43. The number of phenolic OH excluding ortho intramolecular Hbond substituents is 1. The van der Waals surface area contributed by atoms with Gasteiger partial charge in [0.25, 0.3) is 5.91 Å². The molecule has 17 heavy (non-hydrogen) atoms. The second-order valence-electron chi connectivity index (χ2n) is 5.98. The molecule has 1 atom stereocenters. The van der Waals surface area contributed by atoms with Crippen molar-refractivity contribution in [3.63, 3.8) is 0 Å². The number of aromatic hydroxyl groups is 1. The highest BCUT2D eigenvalue weighted by Crippen LogP contribution is 2.27. The van der Waals surface area contributed by atoms with Crippen molar-refractivity contribution in [1.29, 1.82) is 0 Å². The lowest BCUT2D eigenvalue weighted by atomic mass is 9.83. The van der Waals surface area contributed by atoms with E-state index in [0.29, 0.717) is 5.56 Å². The van der Waals surface area contributed by atoms with Crippen molar-refractivity contribution < 1.29 is 9.90 Å². The van der Waals surface area contributed by atoms with E-state index in [0.717, 1.165) is 18.4 Å². The lowest BCUT2D eigenvalue weighted by Gasteiger charge is -2.30. The van der Waals surface area contributed by atoms with E-state index in [1.54, 1.807) is 18.2 Å². The third kappa shape index (κ3) is 2.78. The van der Waals surface area contributed by atoms with E-state index in [1.165, 1.54) is 0 Å². The topological polar surface area (TPSA) is 49.3 Å². The standard InChI is InChI=1S/C14H19NO2/c1-14(2,3)8-10-6-9-7-11(16)4-5-12(9)13(17)15-10/h4-5,7,10,16H,6,8H2,1-3H3,(H,15,17). The van der Waals surface area contributed by atoms with E-state index in [1.807, 2.05) is 0 Å². The van der Waals surface area contributed by atoms with E-state index in [4.69, 9.17) is 0 Å². The fourth-order valence-electron chi connectivity index (χ4n) is 2.41. The van der Waals surface area contributed by atoms with Gasteiger partial charge in [-0.25, -0.2) is 0 Å². The zero-order chi connectivity index (χ0) is 12.6. The van der Waals surface area contributed by atoms with Crippen LogP contribution in [0.5, 0.6) is 5.75 Å². The number of nitrogens with one attached hydrogen (secondary N) is 1. The molecule has 3 nitrogen and oxygen atoms in total. The summed E-state index contributed by atoms with van der Waals surface area (Å²) in [5.74, 6) is 0.202. The number of carbonyl (C=O) groups is 1. The Bertz CT molecular complexity index is 446. The minimum Gasteiger partial charge on any atom is -0.508 e. The van der Waals surface area contributed by atoms with E-state index in [9.17, 15) is 9.90 Å². The molecule has 0 spiro atoms. The molecule has 3 heteroatoms. The van der Waals surface area contributed by atoms with Gasteiger partial charge in [-0.3, -0.25) is 4.79 Å². The Balaban J connectivity index is 2.23. The Morgan fingerprint density at radius 3 is 2.76 bits per heavy atom. The molecule has 2 rings (SSSR count). The zero-order valence-electron chi connectivity index (χ0n) is 10.6. The van der Waals surface area contributed by atoms with Gasteiger partial charge in [-0.2, -0.15) is 0 Å². The summed E-state index contributed by atoms with van der Waals surface area (Å²) in [6.07, 6.45) is 1.74. The van der Waals surface area contributed by atoms with Crippen LogP contribution in [-0.4, -0.2) is 17.1 Å². The van der Waals surface area contributed by atoms with E-state index in [-0.39, 0.29) is 23.1 Å². The molecule has 1 aromatic carbocycles. The third-order valence-electron chi connectivity index (χ3n) is 2.99. The first kappa shape index (κ1) is 12.0. The third-order valence-corrected chi connectivity index (χ3v) is 2.99. The molecule has 1 heterocycles. The molecule has 0 bridgehead atoms. The minimum absolute atomic E-state index is 0.0273. The van der Waals surface area contributed by atoms with Crippen molar-refractivity contribution in [3.8, 4) is 5.75 Å². The van der Waals surface area contributed by atoms with Gasteiger partial charge in [0, 0.05) is 11.6 Å². The summed E-state index contributed by atoms with van der Waals surface area (Å²) >= 11 is 0. The van der Waals surface area contributed by atoms with Crippen molar-refractivity contribution in [2.24, 2.45) is 5.41 Å². The first-order valence-electron chi connectivity index (χ1n) is 5.98. The number of rotatable bonds is 1. The molecule has 0 fully saturated rings. The molecule has 1 aliphatic rings. The highest BCUT2D eigenvalue weighted by atomic mass is 16.3. The van der Waals surface area contributed by atoms with Gasteiger partial charge in [-0.05, 0) is 42.0 Å². The van der Waals surface area contributed by atoms with Gasteiger partial charge in [0.05, 0.1) is 0 Å². The number of hydrogen-bond donors (Lipinski definition) is 2. The largest absolute Gasteiger partial charge is 0.508 e. The van der Waals surface area contributed by atoms with Crippen molar-refractivity contribution in [3.05, 3.63) is 29.3 Å². The normalized spacial score (nSPS) is 19.7. The second kappa shape index (κ2) is 4.06. The summed E-state index contributed by atoms with van der Waals surface area (Å²) < 4.78 is 0. The predicted octanol–water partition coefficient (Wildman–Crippen LogP) is 2.48. The van der Waals surface area contributed by atoms with Gasteiger partial charge in [0.15, 0.2) is 0 Å². The number of fused-ring (bicyclic) bond motifs is 1. The second-order valence-corrected chi connectivity index (χ2v) is 5.98. The molecule has 2 N–H and O–H groups in total. The molecule has 1 amide bonds. The van der Waals surface area contributed by atoms with Gasteiger partial charge in [0.2, 0.25) is 0 Å². The Hall–Kier alpha value is -1.51. The van der Waals surface area contributed by atoms with Crippen LogP contribution in [0.25, 0.3) is 0 Å². The van der Waals surface area contributed by atoms with Gasteiger partial charge >= 0.3 is 0 Å². The summed E-state index contributed by atoms with van der Waals surface area (Å²) in [6, 6.07) is 5.11. The molecule has 1 aromatic rings. The monoisotopic (exact) mass is 233 g/mol. The fraction of sp³-hybridized carbons (Fsp3) is 0.500. The molecule has 0 saturated heterocycles. The first-order valence-corrected chi connectivity index (χ1v) is 5.98. The summed E-state index contributed by atoms with van der Waals surface area (Å²) in [5, 5.41) is 12.5. The van der Waals surface area contributed by atoms with Crippen LogP contribution in [0.1, 0.15) is 43.1 Å². The highest BCUT2D eigenvalue weighted by molar-refractivity contribution is 5.97. The van der Waals surface area contributed by atoms with Crippen LogP contribution in [-0.2, 0) is 6.42 Å². The van der Waals surface area contributed by atoms with Crippen molar-refractivity contribution in [2.45, 2.75) is 39.7 Å². The average molecular weight is 233 g/mol. The van der Waals surface area contributed by atoms with Crippen LogP contribution >= 0.6 is 0 Å². The van der Waals surface area contributed by atoms with Crippen LogP contribution in [0, 0.1) is 5.41 Å². The molecule has 0 radical (unpaired) electrons. The molecule has 1 aliphatic heterocycles. The SMILES string of the molecule is CC(C)(C)CC1Cc2cc(O)ccc2C(=O)N1. The maximum absolute atomic E-state index is 11.9. The van der Waals surface area contributed by atoms with Crippen molar-refractivity contribution >= 4 is 5.91 Å². The molecular formula is C14H19NO2. The summed E-state index contributed by atoms with van der Waals surface area (Å²) in [5.41, 5.74) is 1.82. The highest BCUT2D eigenvalue weighted by Gasteiger charge is 2.27. The van der Waals surface area contributed by atoms with Crippen molar-refractivity contribution in [2.75, 3.05) is 0 Å². The molecular weight excluding hydrogens is 214 g/mol. The van der Waals surface area contributed by atoms with E-state index >= 15 is 0 Å². The Morgan fingerprint density at radius 1 is 1.41 bits per heavy atom. The number of amides is 1. The van der Waals surface area contributed by atoms with Crippen molar-refractivity contribution in [1.82, 2.24) is 5.32 Å². The summed E-state index contributed by atoms with van der Waals surface area (Å²) in [6.45, 7) is 6.49. The minimum atomic E-state index is -0.0273. The first-order chi connectivity index (χ1) is 7.85. The van der Waals surface area contributed by atoms with Crippen LogP contribution in [0.4, 0.5) is 0 Å². The molecule has 0 aliphatic carbocycles. The smallest absolute Gasteiger partial charge is 0.251 e. The average Bonchev–Trinajstić information content (AvgIpc) is 2.13. The Labute approximate surface area is 102 Å². The fourth-order valence-corrected chi connectivity index (χ4v) is 2.41. The summed E-state index contributed by atoms with van der Waals surface area (Å²) in [4.78, 5) is 11.9. The number of hydrogen-bond acceptors (Lipinski definition) is 2. The van der Waals surface area contributed by atoms with E-state index < -0.39 is 0 Å².